The summed E-state index contributed by atoms with van der Waals surface area (Å²) in [6.45, 7) is 45.9. The van der Waals surface area contributed by atoms with E-state index in [-0.39, 0.29) is 108 Å². The third kappa shape index (κ3) is 8.56. The van der Waals surface area contributed by atoms with Crippen molar-refractivity contribution in [2.75, 3.05) is 13.1 Å². The molecule has 10 aliphatic carbocycles. The van der Waals surface area contributed by atoms with Crippen LogP contribution in [0, 0.1) is 132 Å². The maximum Gasteiger partial charge on any atom is 0.226 e. The number of amides is 3. The maximum absolute atomic E-state index is 15.2. The Bertz CT molecular complexity index is 2380. The summed E-state index contributed by atoms with van der Waals surface area (Å²) in [6.07, 6.45) is 25.4. The molecule has 3 amide bonds. The number of hydrogen-bond donors (Lipinski definition) is 3. The van der Waals surface area contributed by atoms with Crippen molar-refractivity contribution in [3.8, 4) is 0 Å². The smallest absolute Gasteiger partial charge is 0.226 e. The second kappa shape index (κ2) is 20.2. The van der Waals surface area contributed by atoms with E-state index in [1.54, 1.807) is 0 Å². The van der Waals surface area contributed by atoms with Gasteiger partial charge in [-0.1, -0.05) is 126 Å². The number of nitrogens with one attached hydrogen (secondary N) is 3. The molecule has 1 radical (unpaired) electrons. The Labute approximate surface area is 495 Å². The molecule has 0 bridgehead atoms. The van der Waals surface area contributed by atoms with Gasteiger partial charge in [-0.2, -0.15) is 11.8 Å². The van der Waals surface area contributed by atoms with Gasteiger partial charge >= 0.3 is 0 Å². The van der Waals surface area contributed by atoms with Crippen LogP contribution < -0.4 is 16.0 Å². The van der Waals surface area contributed by atoms with Crippen molar-refractivity contribution in [2.24, 2.45) is 125 Å². The third-order valence-electron chi connectivity index (χ3n) is 29.4. The summed E-state index contributed by atoms with van der Waals surface area (Å²) in [7, 11) is 0. The van der Waals surface area contributed by atoms with E-state index >= 15 is 9.59 Å². The summed E-state index contributed by atoms with van der Waals surface area (Å²) in [5.41, 5.74) is 3.47. The van der Waals surface area contributed by atoms with Crippen molar-refractivity contribution in [1.29, 1.82) is 0 Å². The minimum Gasteiger partial charge on any atom is -0.355 e. The van der Waals surface area contributed by atoms with Gasteiger partial charge in [0.05, 0.1) is 16.7 Å². The first kappa shape index (κ1) is 60.3. The van der Waals surface area contributed by atoms with Crippen molar-refractivity contribution in [2.45, 2.75) is 238 Å². The Balaban J connectivity index is 0.00000722. The molecule has 10 fully saturated rings. The van der Waals surface area contributed by atoms with Crippen LogP contribution >= 0.6 is 0 Å². The van der Waals surface area contributed by atoms with Crippen molar-refractivity contribution in [3.05, 3.63) is 30.7 Å². The van der Waals surface area contributed by atoms with Gasteiger partial charge in [0.15, 0.2) is 5.78 Å². The molecule has 429 valence electrons. The maximum atomic E-state index is 15.2. The fourth-order valence-corrected chi connectivity index (χ4v) is 24.6. The molecule has 0 aromatic carbocycles. The molecule has 0 spiro atoms. The minimum atomic E-state index is -0.846. The van der Waals surface area contributed by atoms with Crippen LogP contribution in [0.1, 0.15) is 232 Å². The second-order valence-corrected chi connectivity index (χ2v) is 32.5. The van der Waals surface area contributed by atoms with E-state index in [0.717, 1.165) is 69.1 Å². The predicted octanol–water partition coefficient (Wildman–Crippen LogP) is 15.1. The Morgan fingerprint density at radius 2 is 1.00 bits per heavy atom. The molecule has 21 unspecified atom stereocenters. The fraction of sp³-hybridized carbons (Fsp3) is 0.870. The largest absolute Gasteiger partial charge is 0.355 e. The molecule has 0 saturated heterocycles. The topological polar surface area (TPSA) is 104 Å². The van der Waals surface area contributed by atoms with Crippen LogP contribution in [0.25, 0.3) is 0 Å². The first-order chi connectivity index (χ1) is 35.4. The Hall–Kier alpha value is -1.34. The van der Waals surface area contributed by atoms with Gasteiger partial charge in [-0.15, -0.1) is 0 Å². The van der Waals surface area contributed by atoms with E-state index in [9.17, 15) is 9.59 Å². The van der Waals surface area contributed by atoms with E-state index in [2.05, 4.69) is 126 Å². The zero-order valence-corrected chi connectivity index (χ0v) is 54.6. The van der Waals surface area contributed by atoms with Crippen LogP contribution in [-0.2, 0) is 51.9 Å². The molecule has 0 heterocycles. The Morgan fingerprint density at radius 3 is 1.48 bits per heavy atom. The molecule has 8 heteroatoms. The second-order valence-electron chi connectivity index (χ2n) is 32.5. The monoisotopic (exact) mass is 1130 g/mol. The minimum absolute atomic E-state index is 0. The molecular formula is C69H110N3O4Y-. The van der Waals surface area contributed by atoms with Gasteiger partial charge < -0.3 is 22.4 Å². The summed E-state index contributed by atoms with van der Waals surface area (Å²) in [6, 6.07) is -0.846. The van der Waals surface area contributed by atoms with Gasteiger partial charge in [0.2, 0.25) is 17.7 Å². The average Bonchev–Trinajstić information content (AvgIpc) is 3.96. The van der Waals surface area contributed by atoms with E-state index in [0.29, 0.717) is 51.8 Å². The van der Waals surface area contributed by atoms with Crippen LogP contribution in [0.3, 0.4) is 0 Å². The van der Waals surface area contributed by atoms with Crippen LogP contribution in [0.4, 0.5) is 0 Å². The zero-order chi connectivity index (χ0) is 55.4. The van der Waals surface area contributed by atoms with Gasteiger partial charge in [0, 0.05) is 45.8 Å². The van der Waals surface area contributed by atoms with Gasteiger partial charge in [-0.3, -0.25) is 19.2 Å². The van der Waals surface area contributed by atoms with Crippen LogP contribution in [-0.4, -0.2) is 42.6 Å². The van der Waals surface area contributed by atoms with Gasteiger partial charge in [0.25, 0.3) is 0 Å². The van der Waals surface area contributed by atoms with Crippen molar-refractivity contribution < 1.29 is 51.9 Å². The van der Waals surface area contributed by atoms with E-state index in [1.165, 1.54) is 95.1 Å². The standard InChI is InChI=1S/C69H110N3O4.Y/c1-41(2)46-24-33-68(37-35-64(14)48(55(46)68)19-21-53-62(12)29-18-28-60(8,9)51(62)26-31-66(53,64)16)58(75)70-39-43(5)57(74)72-50(45(7)73)40-71-59(76)69-34-25-47(42(3)4)56(69)49-20-22-54-63(13)30-23-44(6)61(10,11)52(63)27-32-67(54,17)65(49,15)36-38-69;/h28,43-44,46-56H,1,3,18-27,29-40H2,2,4-17H3,(H,70,75)(H,71,76)(H,72,74);/q-1;. The third-order valence-corrected chi connectivity index (χ3v) is 29.4. The molecule has 77 heavy (non-hydrogen) atoms. The number of allylic oxidation sites excluding steroid dienone is 2. The summed E-state index contributed by atoms with van der Waals surface area (Å²) in [5, 5.41) is 9.80. The molecule has 21 atom stereocenters. The van der Waals surface area contributed by atoms with Crippen LogP contribution in [0.5, 0.6) is 0 Å². The van der Waals surface area contributed by atoms with Gasteiger partial charge in [0.1, 0.15) is 6.04 Å². The van der Waals surface area contributed by atoms with E-state index in [1.807, 2.05) is 6.92 Å². The zero-order valence-electron chi connectivity index (χ0n) is 51.8. The Morgan fingerprint density at radius 1 is 0.532 bits per heavy atom. The van der Waals surface area contributed by atoms with E-state index < -0.39 is 22.8 Å². The average molecular weight is 1130 g/mol. The molecule has 10 saturated carbocycles. The number of fused-ring (bicyclic) bond motifs is 14. The number of carbonyl (C=O) groups excluding carboxylic acids is 4. The molecular weight excluding hydrogens is 1020 g/mol. The first-order valence-corrected chi connectivity index (χ1v) is 31.9. The molecule has 10 aliphatic rings. The molecule has 7 nitrogen and oxygen atoms in total. The van der Waals surface area contributed by atoms with Gasteiger partial charge in [-0.05, 0) is 227 Å². The molecule has 10 rings (SSSR count). The number of Topliss-reactive ketones (excluding diaryl/α,β-unsaturated/α-hetero) is 1. The quantitative estimate of drug-likeness (QED) is 0.142. The van der Waals surface area contributed by atoms with E-state index in [4.69, 9.17) is 0 Å². The van der Waals surface area contributed by atoms with Crippen LogP contribution in [0.15, 0.2) is 24.3 Å². The predicted molar refractivity (Wildman–Crippen MR) is 309 cm³/mol. The summed E-state index contributed by atoms with van der Waals surface area (Å²) in [5.74, 6) is 4.79. The van der Waals surface area contributed by atoms with Crippen LogP contribution in [0.2, 0.25) is 0 Å². The normalized spacial score (nSPS) is 48.6. The Kier molecular flexibility index (Phi) is 15.8. The molecule has 3 N–H and O–H groups in total. The molecule has 0 aliphatic heterocycles. The molecule has 0 aromatic heterocycles. The summed E-state index contributed by atoms with van der Waals surface area (Å²) >= 11 is 0. The summed E-state index contributed by atoms with van der Waals surface area (Å²) < 4.78 is 0. The van der Waals surface area contributed by atoms with Gasteiger partial charge in [-0.25, -0.2) is 0 Å². The number of rotatable bonds is 11. The number of ketones is 1. The number of hydrogen-bond acceptors (Lipinski definition) is 4. The van der Waals surface area contributed by atoms with Crippen molar-refractivity contribution in [1.82, 2.24) is 16.0 Å². The SMILES string of the molecule is C=C(C)C1CCC2(C(=O)NCC(C)C(=O)NC(CNC(=O)C34CCC(C(=C)C)C3C3CCC5C6(C)CCC(C)C(C)(C)C6CCC5(C)C3(C)CC4)C(C)=O)CCC3(C)C(CCC4C5(C)CC[CH-]C(C)(C)C5CCC43C)C12.[Y]. The van der Waals surface area contributed by atoms with Crippen molar-refractivity contribution in [3.63, 3.8) is 0 Å². The number of carbonyl (C=O) groups is 4. The molecule has 0 aromatic rings. The first-order valence-electron chi connectivity index (χ1n) is 31.9. The van der Waals surface area contributed by atoms with Crippen molar-refractivity contribution >= 4 is 23.5 Å². The fourth-order valence-electron chi connectivity index (χ4n) is 24.6. The summed E-state index contributed by atoms with van der Waals surface area (Å²) in [4.78, 5) is 57.8.